The second kappa shape index (κ2) is 9.75. The van der Waals surface area contributed by atoms with Crippen LogP contribution < -0.4 is 4.90 Å². The monoisotopic (exact) mass is 389 g/mol. The van der Waals surface area contributed by atoms with Crippen LogP contribution in [0.25, 0.3) is 6.08 Å². The van der Waals surface area contributed by atoms with Crippen LogP contribution in [0, 0.1) is 0 Å². The van der Waals surface area contributed by atoms with E-state index in [0.717, 1.165) is 52.2 Å². The first-order chi connectivity index (χ1) is 14.3. The van der Waals surface area contributed by atoms with Gasteiger partial charge in [-0.3, -0.25) is 9.69 Å². The molecule has 2 heterocycles. The van der Waals surface area contributed by atoms with Crippen LogP contribution in [-0.4, -0.2) is 61.5 Å². The normalized spacial score (nSPS) is 17.5. The van der Waals surface area contributed by atoms with Gasteiger partial charge in [-0.15, -0.1) is 0 Å². The highest BCUT2D eigenvalue weighted by molar-refractivity contribution is 5.77. The first kappa shape index (κ1) is 19.7. The molecule has 0 aromatic heterocycles. The summed E-state index contributed by atoms with van der Waals surface area (Å²) < 4.78 is 0. The van der Waals surface area contributed by atoms with Crippen LogP contribution in [0.4, 0.5) is 5.69 Å². The topological polar surface area (TPSA) is 26.8 Å². The summed E-state index contributed by atoms with van der Waals surface area (Å²) in [6.45, 7) is 6.43. The van der Waals surface area contributed by atoms with E-state index in [1.807, 2.05) is 11.0 Å². The van der Waals surface area contributed by atoms with Crippen molar-refractivity contribution in [3.05, 3.63) is 71.8 Å². The zero-order valence-electron chi connectivity index (χ0n) is 17.2. The van der Waals surface area contributed by atoms with Crippen molar-refractivity contribution in [2.45, 2.75) is 19.3 Å². The third kappa shape index (κ3) is 5.27. The van der Waals surface area contributed by atoms with Gasteiger partial charge in [-0.05, 0) is 30.0 Å². The maximum absolute atomic E-state index is 12.7. The number of fused-ring (bicyclic) bond motifs is 1. The smallest absolute Gasteiger partial charge is 0.224 e. The molecule has 1 amide bonds. The minimum atomic E-state index is 0.299. The van der Waals surface area contributed by atoms with Gasteiger partial charge in [0.25, 0.3) is 0 Å². The van der Waals surface area contributed by atoms with Crippen molar-refractivity contribution >= 4 is 17.7 Å². The third-order valence-corrected chi connectivity index (χ3v) is 6.00. The van der Waals surface area contributed by atoms with E-state index < -0.39 is 0 Å². The first-order valence-electron chi connectivity index (χ1n) is 10.8. The Hall–Kier alpha value is -2.59. The average Bonchev–Trinajstić information content (AvgIpc) is 2.78. The molecule has 2 aliphatic rings. The van der Waals surface area contributed by atoms with Crippen LogP contribution in [0.2, 0.25) is 0 Å². The Balaban J connectivity index is 1.20. The summed E-state index contributed by atoms with van der Waals surface area (Å²) >= 11 is 0. The number of anilines is 1. The van der Waals surface area contributed by atoms with E-state index in [1.165, 1.54) is 23.2 Å². The second-order valence-corrected chi connectivity index (χ2v) is 7.96. The number of para-hydroxylation sites is 1. The van der Waals surface area contributed by atoms with E-state index in [9.17, 15) is 4.79 Å². The molecule has 1 fully saturated rings. The first-order valence-corrected chi connectivity index (χ1v) is 10.8. The summed E-state index contributed by atoms with van der Waals surface area (Å²) in [5.74, 6) is 0.299. The number of piperazine rings is 1. The minimum Gasteiger partial charge on any atom is -0.371 e. The Morgan fingerprint density at radius 2 is 1.66 bits per heavy atom. The number of rotatable bonds is 6. The van der Waals surface area contributed by atoms with Crippen molar-refractivity contribution < 1.29 is 4.79 Å². The molecule has 2 aromatic rings. The molecule has 0 N–H and O–H groups in total. The van der Waals surface area contributed by atoms with E-state index in [1.54, 1.807) is 0 Å². The zero-order chi connectivity index (χ0) is 19.9. The van der Waals surface area contributed by atoms with Gasteiger partial charge in [-0.25, -0.2) is 0 Å². The van der Waals surface area contributed by atoms with Crippen molar-refractivity contribution in [2.24, 2.45) is 0 Å². The van der Waals surface area contributed by atoms with Gasteiger partial charge in [0.05, 0.1) is 0 Å². The molecule has 29 heavy (non-hydrogen) atoms. The number of hydrogen-bond donors (Lipinski definition) is 0. The molecule has 0 atom stereocenters. The molecular formula is C25H31N3O. The van der Waals surface area contributed by atoms with Gasteiger partial charge in [0.1, 0.15) is 0 Å². The molecule has 0 saturated carbocycles. The largest absolute Gasteiger partial charge is 0.371 e. The van der Waals surface area contributed by atoms with E-state index >= 15 is 0 Å². The fourth-order valence-corrected chi connectivity index (χ4v) is 4.31. The molecule has 0 spiro atoms. The molecule has 4 nitrogen and oxygen atoms in total. The van der Waals surface area contributed by atoms with Crippen LogP contribution in [0.1, 0.15) is 24.0 Å². The number of nitrogens with zero attached hydrogens (tertiary/aromatic N) is 3. The summed E-state index contributed by atoms with van der Waals surface area (Å²) in [5, 5.41) is 0. The maximum atomic E-state index is 12.7. The van der Waals surface area contributed by atoms with Gasteiger partial charge >= 0.3 is 0 Å². The third-order valence-electron chi connectivity index (χ3n) is 6.00. The number of amides is 1. The molecule has 0 radical (unpaired) electrons. The van der Waals surface area contributed by atoms with E-state index in [-0.39, 0.29) is 0 Å². The van der Waals surface area contributed by atoms with Crippen LogP contribution in [0.15, 0.2) is 60.7 Å². The SMILES string of the molecule is O=C(CCN1CCCc2ccccc21)N1CCN(C/C=C/c2ccccc2)CC1. The lowest BCUT2D eigenvalue weighted by molar-refractivity contribution is -0.132. The minimum absolute atomic E-state index is 0.299. The van der Waals surface area contributed by atoms with E-state index in [4.69, 9.17) is 0 Å². The molecule has 4 rings (SSSR count). The summed E-state index contributed by atoms with van der Waals surface area (Å²) in [6.07, 6.45) is 7.35. The Morgan fingerprint density at radius 3 is 2.48 bits per heavy atom. The summed E-state index contributed by atoms with van der Waals surface area (Å²) in [5.41, 5.74) is 3.98. The molecule has 152 valence electrons. The number of carbonyl (C=O) groups is 1. The lowest BCUT2D eigenvalue weighted by atomic mass is 10.0. The highest BCUT2D eigenvalue weighted by atomic mass is 16.2. The fourth-order valence-electron chi connectivity index (χ4n) is 4.31. The van der Waals surface area contributed by atoms with E-state index in [0.29, 0.717) is 12.3 Å². The second-order valence-electron chi connectivity index (χ2n) is 7.96. The molecule has 4 heteroatoms. The molecule has 2 aromatic carbocycles. The van der Waals surface area contributed by atoms with Crippen molar-refractivity contribution in [1.29, 1.82) is 0 Å². The van der Waals surface area contributed by atoms with Crippen LogP contribution in [-0.2, 0) is 11.2 Å². The highest BCUT2D eigenvalue weighted by Gasteiger charge is 2.22. The van der Waals surface area contributed by atoms with Crippen molar-refractivity contribution in [3.8, 4) is 0 Å². The summed E-state index contributed by atoms with van der Waals surface area (Å²) in [6, 6.07) is 19.0. The van der Waals surface area contributed by atoms with Crippen LogP contribution >= 0.6 is 0 Å². The van der Waals surface area contributed by atoms with Gasteiger partial charge in [0, 0.05) is 57.9 Å². The number of aryl methyl sites for hydroxylation is 1. The quantitative estimate of drug-likeness (QED) is 0.754. The lowest BCUT2D eigenvalue weighted by Crippen LogP contribution is -2.49. The standard InChI is InChI=1S/C25H31N3O/c29-25(14-17-27-16-7-12-23-11-4-5-13-24(23)27)28-20-18-26(19-21-28)15-6-10-22-8-2-1-3-9-22/h1-6,8-11,13H,7,12,14-21H2/b10-6+. The van der Waals surface area contributed by atoms with Gasteiger partial charge in [-0.1, -0.05) is 60.7 Å². The van der Waals surface area contributed by atoms with Crippen molar-refractivity contribution in [1.82, 2.24) is 9.80 Å². The predicted octanol–water partition coefficient (Wildman–Crippen LogP) is 3.69. The fraction of sp³-hybridized carbons (Fsp3) is 0.400. The van der Waals surface area contributed by atoms with Crippen molar-refractivity contribution in [3.63, 3.8) is 0 Å². The average molecular weight is 390 g/mol. The molecule has 2 aliphatic heterocycles. The molecule has 0 unspecified atom stereocenters. The maximum Gasteiger partial charge on any atom is 0.224 e. The number of carbonyl (C=O) groups excluding carboxylic acids is 1. The Morgan fingerprint density at radius 1 is 0.897 bits per heavy atom. The van der Waals surface area contributed by atoms with Crippen LogP contribution in [0.5, 0.6) is 0 Å². The van der Waals surface area contributed by atoms with Gasteiger partial charge in [0.2, 0.25) is 5.91 Å². The van der Waals surface area contributed by atoms with Gasteiger partial charge in [-0.2, -0.15) is 0 Å². The van der Waals surface area contributed by atoms with Crippen molar-refractivity contribution in [2.75, 3.05) is 50.7 Å². The van der Waals surface area contributed by atoms with E-state index in [2.05, 4.69) is 70.5 Å². The van der Waals surface area contributed by atoms with Gasteiger partial charge < -0.3 is 9.80 Å². The molecule has 0 aliphatic carbocycles. The lowest BCUT2D eigenvalue weighted by Gasteiger charge is -2.35. The Bertz CT molecular complexity index is 825. The van der Waals surface area contributed by atoms with Gasteiger partial charge in [0.15, 0.2) is 0 Å². The summed E-state index contributed by atoms with van der Waals surface area (Å²) in [4.78, 5) is 19.6. The zero-order valence-corrected chi connectivity index (χ0v) is 17.2. The molecule has 1 saturated heterocycles. The number of benzene rings is 2. The van der Waals surface area contributed by atoms with Crippen LogP contribution in [0.3, 0.4) is 0 Å². The molecular weight excluding hydrogens is 358 g/mol. The number of hydrogen-bond acceptors (Lipinski definition) is 3. The highest BCUT2D eigenvalue weighted by Crippen LogP contribution is 2.26. The Labute approximate surface area is 174 Å². The molecule has 0 bridgehead atoms. The Kier molecular flexibility index (Phi) is 6.63. The predicted molar refractivity (Wildman–Crippen MR) is 120 cm³/mol. The summed E-state index contributed by atoms with van der Waals surface area (Å²) in [7, 11) is 0.